The van der Waals surface area contributed by atoms with E-state index in [9.17, 15) is 4.79 Å². The van der Waals surface area contributed by atoms with E-state index in [0.29, 0.717) is 0 Å². The Morgan fingerprint density at radius 3 is 2.21 bits per heavy atom. The molecule has 0 unspecified atom stereocenters. The van der Waals surface area contributed by atoms with E-state index in [0.717, 1.165) is 6.54 Å². The Bertz CT molecular complexity index is 197. The van der Waals surface area contributed by atoms with E-state index in [1.54, 1.807) is 4.90 Å². The summed E-state index contributed by atoms with van der Waals surface area (Å²) < 4.78 is 0. The van der Waals surface area contributed by atoms with Gasteiger partial charge in [-0.2, -0.15) is 0 Å². The van der Waals surface area contributed by atoms with Gasteiger partial charge in [-0.1, -0.05) is 33.1 Å². The Balaban J connectivity index is 0.000000461. The number of hydrogen-bond donors (Lipinski definition) is 1. The molecule has 1 spiro atoms. The van der Waals surface area contributed by atoms with E-state index in [-0.39, 0.29) is 11.6 Å². The lowest BCUT2D eigenvalue weighted by Crippen LogP contribution is -2.44. The number of carbonyl (C=O) groups excluding carboxylic acids is 1. The molecule has 0 aromatic rings. The summed E-state index contributed by atoms with van der Waals surface area (Å²) in [5, 5.41) is 3.11. The maximum Gasteiger partial charge on any atom is 0.317 e. The van der Waals surface area contributed by atoms with Crippen molar-refractivity contribution in [3.05, 3.63) is 0 Å². The first kappa shape index (κ1) is 11.3. The lowest BCUT2D eigenvalue weighted by molar-refractivity contribution is 0.225. The molecular weight excluding hydrogens is 176 g/mol. The first-order valence-corrected chi connectivity index (χ1v) is 5.75. The summed E-state index contributed by atoms with van der Waals surface area (Å²) >= 11 is 0. The standard InChI is InChI=1S/C9H16N2O.C2H6/c1-11-7-9(10-8(11)12)5-3-2-4-6-9;1-2/h2-7H2,1H3,(H,10,12);1-2H3. The van der Waals surface area contributed by atoms with Crippen molar-refractivity contribution in [1.82, 2.24) is 10.2 Å². The van der Waals surface area contributed by atoms with Gasteiger partial charge in [0.15, 0.2) is 0 Å². The molecule has 14 heavy (non-hydrogen) atoms. The molecule has 2 fully saturated rings. The maximum absolute atomic E-state index is 11.3. The van der Waals surface area contributed by atoms with Gasteiger partial charge in [0, 0.05) is 13.6 Å². The summed E-state index contributed by atoms with van der Waals surface area (Å²) in [6.07, 6.45) is 6.22. The highest BCUT2D eigenvalue weighted by Crippen LogP contribution is 2.31. The quantitative estimate of drug-likeness (QED) is 0.636. The van der Waals surface area contributed by atoms with Gasteiger partial charge < -0.3 is 10.2 Å². The lowest BCUT2D eigenvalue weighted by Gasteiger charge is -2.32. The second-order valence-corrected chi connectivity index (χ2v) is 4.13. The summed E-state index contributed by atoms with van der Waals surface area (Å²) in [5.41, 5.74) is 0.143. The summed E-state index contributed by atoms with van der Waals surface area (Å²) in [7, 11) is 1.87. The van der Waals surface area contributed by atoms with Crippen LogP contribution in [0.15, 0.2) is 0 Å². The van der Waals surface area contributed by atoms with Gasteiger partial charge in [-0.25, -0.2) is 4.79 Å². The third-order valence-corrected chi connectivity index (χ3v) is 3.07. The molecule has 3 nitrogen and oxygen atoms in total. The SMILES string of the molecule is CC.CN1CC2(CCCCC2)NC1=O. The van der Waals surface area contributed by atoms with Crippen LogP contribution in [0.5, 0.6) is 0 Å². The molecule has 1 saturated heterocycles. The lowest BCUT2D eigenvalue weighted by atomic mass is 9.82. The van der Waals surface area contributed by atoms with Gasteiger partial charge in [-0.05, 0) is 12.8 Å². The highest BCUT2D eigenvalue weighted by Gasteiger charge is 2.41. The number of nitrogens with zero attached hydrogens (tertiary/aromatic N) is 1. The van der Waals surface area contributed by atoms with Crippen molar-refractivity contribution in [3.8, 4) is 0 Å². The van der Waals surface area contributed by atoms with Crippen molar-refractivity contribution in [1.29, 1.82) is 0 Å². The summed E-state index contributed by atoms with van der Waals surface area (Å²) in [6.45, 7) is 4.91. The normalized spacial score (nSPS) is 24.2. The fourth-order valence-electron chi connectivity index (χ4n) is 2.40. The van der Waals surface area contributed by atoms with Crippen LogP contribution >= 0.6 is 0 Å². The predicted molar refractivity (Wildman–Crippen MR) is 58.3 cm³/mol. The summed E-state index contributed by atoms with van der Waals surface area (Å²) in [4.78, 5) is 13.1. The van der Waals surface area contributed by atoms with Crippen LogP contribution in [0.3, 0.4) is 0 Å². The number of urea groups is 1. The minimum absolute atomic E-state index is 0.108. The molecule has 1 heterocycles. The summed E-state index contributed by atoms with van der Waals surface area (Å²) in [5.74, 6) is 0. The third kappa shape index (κ3) is 2.20. The van der Waals surface area contributed by atoms with Gasteiger partial charge in [0.05, 0.1) is 5.54 Å². The van der Waals surface area contributed by atoms with E-state index in [4.69, 9.17) is 0 Å². The highest BCUT2D eigenvalue weighted by atomic mass is 16.2. The van der Waals surface area contributed by atoms with E-state index < -0.39 is 0 Å². The van der Waals surface area contributed by atoms with Crippen molar-refractivity contribution < 1.29 is 4.79 Å². The van der Waals surface area contributed by atoms with Crippen molar-refractivity contribution in [3.63, 3.8) is 0 Å². The fourth-order valence-corrected chi connectivity index (χ4v) is 2.40. The van der Waals surface area contributed by atoms with Crippen LogP contribution in [-0.4, -0.2) is 30.1 Å². The van der Waals surface area contributed by atoms with Crippen LogP contribution in [-0.2, 0) is 0 Å². The van der Waals surface area contributed by atoms with E-state index in [2.05, 4.69) is 5.32 Å². The van der Waals surface area contributed by atoms with Crippen LogP contribution in [0, 0.1) is 0 Å². The number of amides is 2. The molecule has 2 amide bonds. The van der Waals surface area contributed by atoms with Gasteiger partial charge in [-0.3, -0.25) is 0 Å². The first-order valence-electron chi connectivity index (χ1n) is 5.75. The number of carbonyl (C=O) groups is 1. The second-order valence-electron chi connectivity index (χ2n) is 4.13. The molecule has 2 rings (SSSR count). The molecule has 3 heteroatoms. The molecule has 2 aliphatic rings. The Morgan fingerprint density at radius 1 is 1.21 bits per heavy atom. The largest absolute Gasteiger partial charge is 0.331 e. The smallest absolute Gasteiger partial charge is 0.317 e. The monoisotopic (exact) mass is 198 g/mol. The Morgan fingerprint density at radius 2 is 1.79 bits per heavy atom. The molecule has 0 aromatic heterocycles. The van der Waals surface area contributed by atoms with Crippen LogP contribution < -0.4 is 5.32 Å². The van der Waals surface area contributed by atoms with Crippen LogP contribution in [0.1, 0.15) is 46.0 Å². The van der Waals surface area contributed by atoms with Crippen LogP contribution in [0.4, 0.5) is 4.79 Å². The Kier molecular flexibility index (Phi) is 3.78. The van der Waals surface area contributed by atoms with Gasteiger partial charge >= 0.3 is 6.03 Å². The molecular formula is C11H22N2O. The van der Waals surface area contributed by atoms with Gasteiger partial charge in [-0.15, -0.1) is 0 Å². The third-order valence-electron chi connectivity index (χ3n) is 3.07. The molecule has 0 aromatic carbocycles. The maximum atomic E-state index is 11.3. The average Bonchev–Trinajstić information content (AvgIpc) is 2.46. The zero-order chi connectivity index (χ0) is 10.6. The number of hydrogen-bond acceptors (Lipinski definition) is 1. The van der Waals surface area contributed by atoms with Gasteiger partial charge in [0.2, 0.25) is 0 Å². The van der Waals surface area contributed by atoms with Crippen LogP contribution in [0.25, 0.3) is 0 Å². The average molecular weight is 198 g/mol. The second kappa shape index (κ2) is 4.67. The zero-order valence-corrected chi connectivity index (χ0v) is 9.60. The molecule has 1 N–H and O–H groups in total. The topological polar surface area (TPSA) is 32.3 Å². The fraction of sp³-hybridized carbons (Fsp3) is 0.909. The van der Waals surface area contributed by atoms with E-state index >= 15 is 0 Å². The van der Waals surface area contributed by atoms with E-state index in [1.165, 1.54) is 32.1 Å². The van der Waals surface area contributed by atoms with E-state index in [1.807, 2.05) is 20.9 Å². The molecule has 82 valence electrons. The zero-order valence-electron chi connectivity index (χ0n) is 9.60. The van der Waals surface area contributed by atoms with Crippen molar-refractivity contribution in [2.45, 2.75) is 51.5 Å². The Hall–Kier alpha value is -0.730. The van der Waals surface area contributed by atoms with Crippen LogP contribution in [0.2, 0.25) is 0 Å². The molecule has 0 radical (unpaired) electrons. The van der Waals surface area contributed by atoms with Crippen molar-refractivity contribution >= 4 is 6.03 Å². The van der Waals surface area contributed by atoms with Gasteiger partial charge in [0.1, 0.15) is 0 Å². The van der Waals surface area contributed by atoms with Gasteiger partial charge in [0.25, 0.3) is 0 Å². The molecule has 1 saturated carbocycles. The number of rotatable bonds is 0. The predicted octanol–water partition coefficient (Wildman–Crippen LogP) is 2.37. The van der Waals surface area contributed by atoms with Crippen molar-refractivity contribution in [2.24, 2.45) is 0 Å². The first-order chi connectivity index (χ1) is 6.72. The summed E-state index contributed by atoms with van der Waals surface area (Å²) in [6, 6.07) is 0.108. The number of likely N-dealkylation sites (N-methyl/N-ethyl adjacent to an activating group) is 1. The number of nitrogens with one attached hydrogen (secondary N) is 1. The molecule has 1 aliphatic carbocycles. The molecule has 0 bridgehead atoms. The Labute approximate surface area is 86.9 Å². The van der Waals surface area contributed by atoms with Crippen molar-refractivity contribution in [2.75, 3.05) is 13.6 Å². The minimum Gasteiger partial charge on any atom is -0.331 e. The molecule has 0 atom stereocenters. The highest BCUT2D eigenvalue weighted by molar-refractivity contribution is 5.77. The minimum atomic E-state index is 0.108. The molecule has 1 aliphatic heterocycles.